The van der Waals surface area contributed by atoms with Gasteiger partial charge in [0.1, 0.15) is 11.4 Å². The van der Waals surface area contributed by atoms with E-state index in [0.29, 0.717) is 27.9 Å². The number of aryl methyl sites for hydroxylation is 2. The van der Waals surface area contributed by atoms with Crippen LogP contribution in [0.4, 0.5) is 5.82 Å². The van der Waals surface area contributed by atoms with E-state index in [2.05, 4.69) is 4.98 Å². The lowest BCUT2D eigenvalue weighted by molar-refractivity contribution is 0.0600. The Kier molecular flexibility index (Phi) is 4.82. The summed E-state index contributed by atoms with van der Waals surface area (Å²) in [6.07, 6.45) is 0. The standard InChI is InChI=1S/C26H20N2O5/c1-14-7-12-19-18(13-14)23(29)21-22(16-8-10-17(11-9-16)26(31)32-3)28(25(30)24(21)33-19)20-6-4-5-15(2)27-20/h4-13,22H,1-3H3/t22-/m1/s1. The van der Waals surface area contributed by atoms with Crippen LogP contribution in [0.15, 0.2) is 69.9 Å². The zero-order valence-corrected chi connectivity index (χ0v) is 18.3. The third kappa shape index (κ3) is 3.29. The quantitative estimate of drug-likeness (QED) is 0.440. The van der Waals surface area contributed by atoms with E-state index >= 15 is 0 Å². The molecule has 0 aliphatic carbocycles. The molecule has 2 aromatic heterocycles. The molecule has 7 nitrogen and oxygen atoms in total. The van der Waals surface area contributed by atoms with Crippen molar-refractivity contribution in [2.24, 2.45) is 0 Å². The number of pyridine rings is 1. The first-order valence-electron chi connectivity index (χ1n) is 10.4. The Bertz CT molecular complexity index is 1490. The van der Waals surface area contributed by atoms with Gasteiger partial charge in [0.15, 0.2) is 5.43 Å². The average Bonchev–Trinajstić information content (AvgIpc) is 3.11. The number of methoxy groups -OCH3 is 1. The molecule has 164 valence electrons. The van der Waals surface area contributed by atoms with Crippen LogP contribution >= 0.6 is 0 Å². The predicted octanol–water partition coefficient (Wildman–Crippen LogP) is 4.34. The third-order valence-electron chi connectivity index (χ3n) is 5.79. The topological polar surface area (TPSA) is 89.7 Å². The van der Waals surface area contributed by atoms with Crippen LogP contribution in [-0.2, 0) is 4.74 Å². The highest BCUT2D eigenvalue weighted by atomic mass is 16.5. The molecule has 1 atom stereocenters. The number of nitrogens with zero attached hydrogens (tertiary/aromatic N) is 2. The molecule has 33 heavy (non-hydrogen) atoms. The molecule has 1 amide bonds. The molecule has 0 unspecified atom stereocenters. The molecule has 0 bridgehead atoms. The minimum atomic E-state index is -0.755. The Balaban J connectivity index is 1.77. The van der Waals surface area contributed by atoms with Gasteiger partial charge >= 0.3 is 5.97 Å². The van der Waals surface area contributed by atoms with E-state index in [-0.39, 0.29) is 16.8 Å². The summed E-state index contributed by atoms with van der Waals surface area (Å²) in [5.41, 5.74) is 3.01. The number of rotatable bonds is 3. The summed E-state index contributed by atoms with van der Waals surface area (Å²) in [5.74, 6) is -0.498. The van der Waals surface area contributed by atoms with Crippen molar-refractivity contribution >= 4 is 28.7 Å². The number of fused-ring (bicyclic) bond motifs is 2. The predicted molar refractivity (Wildman–Crippen MR) is 123 cm³/mol. The molecule has 0 spiro atoms. The van der Waals surface area contributed by atoms with Crippen LogP contribution in [0, 0.1) is 13.8 Å². The summed E-state index contributed by atoms with van der Waals surface area (Å²) in [4.78, 5) is 45.1. The number of hydrogen-bond donors (Lipinski definition) is 0. The Morgan fingerprint density at radius 1 is 1.03 bits per heavy atom. The van der Waals surface area contributed by atoms with Crippen LogP contribution in [0.25, 0.3) is 11.0 Å². The fourth-order valence-corrected chi connectivity index (χ4v) is 4.22. The van der Waals surface area contributed by atoms with Crippen LogP contribution in [0.1, 0.15) is 49.3 Å². The molecule has 0 saturated carbocycles. The van der Waals surface area contributed by atoms with E-state index in [1.165, 1.54) is 12.0 Å². The van der Waals surface area contributed by atoms with Gasteiger partial charge in [-0.25, -0.2) is 9.78 Å². The van der Waals surface area contributed by atoms with Crippen molar-refractivity contribution in [1.82, 2.24) is 4.98 Å². The zero-order valence-electron chi connectivity index (χ0n) is 18.3. The monoisotopic (exact) mass is 440 g/mol. The molecule has 7 heteroatoms. The zero-order chi connectivity index (χ0) is 23.3. The van der Waals surface area contributed by atoms with E-state index in [1.807, 2.05) is 26.0 Å². The van der Waals surface area contributed by atoms with Gasteiger partial charge in [-0.1, -0.05) is 29.8 Å². The van der Waals surface area contributed by atoms with E-state index in [1.54, 1.807) is 48.5 Å². The van der Waals surface area contributed by atoms with E-state index in [9.17, 15) is 14.4 Å². The van der Waals surface area contributed by atoms with Crippen LogP contribution in [0.2, 0.25) is 0 Å². The van der Waals surface area contributed by atoms with Gasteiger partial charge in [-0.3, -0.25) is 14.5 Å². The van der Waals surface area contributed by atoms with Gasteiger partial charge < -0.3 is 9.15 Å². The highest BCUT2D eigenvalue weighted by molar-refractivity contribution is 6.10. The first-order chi connectivity index (χ1) is 15.9. The molecular weight excluding hydrogens is 420 g/mol. The number of anilines is 1. The van der Waals surface area contributed by atoms with Crippen LogP contribution < -0.4 is 10.3 Å². The number of carbonyl (C=O) groups is 2. The number of ether oxygens (including phenoxy) is 1. The van der Waals surface area contributed by atoms with Crippen molar-refractivity contribution < 1.29 is 18.7 Å². The van der Waals surface area contributed by atoms with E-state index in [0.717, 1.165) is 11.3 Å². The van der Waals surface area contributed by atoms with Crippen molar-refractivity contribution in [3.8, 4) is 0 Å². The van der Waals surface area contributed by atoms with Gasteiger partial charge in [0.05, 0.1) is 29.7 Å². The largest absolute Gasteiger partial charge is 0.465 e. The number of hydrogen-bond acceptors (Lipinski definition) is 6. The van der Waals surface area contributed by atoms with Gasteiger partial charge in [0, 0.05) is 5.69 Å². The Morgan fingerprint density at radius 2 is 1.79 bits per heavy atom. The lowest BCUT2D eigenvalue weighted by Gasteiger charge is -2.24. The van der Waals surface area contributed by atoms with Crippen molar-refractivity contribution in [3.63, 3.8) is 0 Å². The summed E-state index contributed by atoms with van der Waals surface area (Å²) in [5, 5.41) is 0.414. The molecule has 2 aromatic carbocycles. The summed E-state index contributed by atoms with van der Waals surface area (Å²) >= 11 is 0. The lowest BCUT2D eigenvalue weighted by atomic mass is 9.97. The molecule has 3 heterocycles. The normalized spacial score (nSPS) is 15.1. The molecule has 0 radical (unpaired) electrons. The van der Waals surface area contributed by atoms with E-state index in [4.69, 9.17) is 9.15 Å². The van der Waals surface area contributed by atoms with Gasteiger partial charge in [-0.05, 0) is 55.8 Å². The summed E-state index contributed by atoms with van der Waals surface area (Å²) in [6.45, 7) is 3.72. The molecule has 0 fully saturated rings. The first-order valence-corrected chi connectivity index (χ1v) is 10.4. The minimum Gasteiger partial charge on any atom is -0.465 e. The Labute approximate surface area is 189 Å². The third-order valence-corrected chi connectivity index (χ3v) is 5.79. The second-order valence-corrected chi connectivity index (χ2v) is 8.00. The average molecular weight is 440 g/mol. The maximum atomic E-state index is 13.6. The maximum absolute atomic E-state index is 13.6. The van der Waals surface area contributed by atoms with Crippen LogP contribution in [-0.4, -0.2) is 24.0 Å². The summed E-state index contributed by atoms with van der Waals surface area (Å²) in [6, 6.07) is 16.5. The molecule has 0 N–H and O–H groups in total. The smallest absolute Gasteiger partial charge is 0.337 e. The number of amides is 1. The molecule has 0 saturated heterocycles. The Morgan fingerprint density at radius 3 is 2.48 bits per heavy atom. The number of carbonyl (C=O) groups excluding carboxylic acids is 2. The van der Waals surface area contributed by atoms with Gasteiger partial charge in [-0.15, -0.1) is 0 Å². The number of aromatic nitrogens is 1. The minimum absolute atomic E-state index is 0.00158. The molecular formula is C26H20N2O5. The summed E-state index contributed by atoms with van der Waals surface area (Å²) in [7, 11) is 1.31. The highest BCUT2D eigenvalue weighted by Gasteiger charge is 2.44. The van der Waals surface area contributed by atoms with Crippen LogP contribution in [0.5, 0.6) is 0 Å². The van der Waals surface area contributed by atoms with Crippen molar-refractivity contribution in [2.45, 2.75) is 19.9 Å². The van der Waals surface area contributed by atoms with Gasteiger partial charge in [0.25, 0.3) is 5.91 Å². The van der Waals surface area contributed by atoms with Gasteiger partial charge in [-0.2, -0.15) is 0 Å². The molecule has 1 aliphatic heterocycles. The summed E-state index contributed by atoms with van der Waals surface area (Å²) < 4.78 is 10.8. The van der Waals surface area contributed by atoms with Gasteiger partial charge in [0.2, 0.25) is 5.76 Å². The number of esters is 1. The maximum Gasteiger partial charge on any atom is 0.337 e. The Hall–Kier alpha value is -4.26. The first kappa shape index (κ1) is 20.6. The lowest BCUT2D eigenvalue weighted by Crippen LogP contribution is -2.30. The SMILES string of the molecule is COC(=O)c1ccc([C@@H]2c3c(oc4ccc(C)cc4c3=O)C(=O)N2c2cccc(C)n2)cc1. The molecule has 4 aromatic rings. The molecule has 5 rings (SSSR count). The second kappa shape index (κ2) is 7.70. The molecule has 1 aliphatic rings. The van der Waals surface area contributed by atoms with E-state index < -0.39 is 17.9 Å². The fourth-order valence-electron chi connectivity index (χ4n) is 4.22. The van der Waals surface area contributed by atoms with Crippen LogP contribution in [0.3, 0.4) is 0 Å². The fraction of sp³-hybridized carbons (Fsp3) is 0.154. The van der Waals surface area contributed by atoms with Crippen molar-refractivity contribution in [2.75, 3.05) is 12.0 Å². The van der Waals surface area contributed by atoms with Crippen molar-refractivity contribution in [3.05, 3.63) is 105 Å². The number of benzene rings is 2. The second-order valence-electron chi connectivity index (χ2n) is 8.00. The highest BCUT2D eigenvalue weighted by Crippen LogP contribution is 2.40. The van der Waals surface area contributed by atoms with Crippen molar-refractivity contribution in [1.29, 1.82) is 0 Å².